The van der Waals surface area contributed by atoms with Crippen molar-refractivity contribution in [2.45, 2.75) is 19.2 Å². The number of nitrogens with one attached hydrogen (secondary N) is 2. The van der Waals surface area contributed by atoms with Gasteiger partial charge >= 0.3 is 0 Å². The predicted octanol–water partition coefficient (Wildman–Crippen LogP) is 1.68. The Morgan fingerprint density at radius 3 is 2.97 bits per heavy atom. The molecule has 0 bridgehead atoms. The number of anilines is 1. The molecule has 2 aliphatic rings. The van der Waals surface area contributed by atoms with Crippen molar-refractivity contribution >= 4 is 29.1 Å². The molecule has 0 saturated carbocycles. The molecule has 0 unspecified atom stereocenters. The molecule has 29 heavy (non-hydrogen) atoms. The fraction of sp³-hybridized carbons (Fsp3) is 0.350. The van der Waals surface area contributed by atoms with Crippen LogP contribution in [0.4, 0.5) is 5.69 Å². The van der Waals surface area contributed by atoms with Crippen molar-refractivity contribution in [3.63, 3.8) is 0 Å². The number of fused-ring (bicyclic) bond motifs is 1. The zero-order chi connectivity index (χ0) is 20.2. The monoisotopic (exact) mass is 415 g/mol. The highest BCUT2D eigenvalue weighted by Gasteiger charge is 2.25. The van der Waals surface area contributed by atoms with Crippen molar-refractivity contribution in [2.75, 3.05) is 31.6 Å². The van der Waals surface area contributed by atoms with Gasteiger partial charge in [0.1, 0.15) is 11.5 Å². The molecule has 1 fully saturated rings. The molecule has 1 aromatic heterocycles. The summed E-state index contributed by atoms with van der Waals surface area (Å²) in [7, 11) is 0. The number of amides is 2. The maximum Gasteiger partial charge on any atom is 0.273 e. The van der Waals surface area contributed by atoms with Crippen LogP contribution in [0.2, 0.25) is 5.02 Å². The molecule has 0 aliphatic carbocycles. The van der Waals surface area contributed by atoms with Crippen molar-refractivity contribution in [2.24, 2.45) is 0 Å². The van der Waals surface area contributed by atoms with Gasteiger partial charge in [-0.1, -0.05) is 23.7 Å². The molecular weight excluding hydrogens is 394 g/mol. The molecule has 4 rings (SSSR count). The summed E-state index contributed by atoms with van der Waals surface area (Å²) in [6.07, 6.45) is 4.80. The van der Waals surface area contributed by atoms with E-state index in [2.05, 4.69) is 15.6 Å². The number of aromatic nitrogens is 2. The second-order valence-electron chi connectivity index (χ2n) is 6.88. The minimum absolute atomic E-state index is 0.0837. The van der Waals surface area contributed by atoms with Crippen LogP contribution in [0.25, 0.3) is 0 Å². The van der Waals surface area contributed by atoms with E-state index in [0.717, 1.165) is 6.54 Å². The first-order valence-electron chi connectivity index (χ1n) is 9.51. The second-order valence-corrected chi connectivity index (χ2v) is 7.28. The topological polar surface area (TPSA) is 88.5 Å². The molecule has 9 heteroatoms. The largest absolute Gasteiger partial charge is 0.371 e. The standard InChI is InChI=1S/C20H22ClN5O3/c21-15-3-1-2-4-16(15)24-20(28)17-12-23-18-13-25(8-9-26(17)18)19(27)6-5-14-11-22-7-10-29-14/h1-6,12,14,22H,7-11,13H2,(H,24,28)/b6-5+/t14-/m1/s1. The van der Waals surface area contributed by atoms with Gasteiger partial charge in [-0.15, -0.1) is 0 Å². The Balaban J connectivity index is 1.40. The number of para-hydroxylation sites is 1. The Morgan fingerprint density at radius 1 is 1.31 bits per heavy atom. The first kappa shape index (κ1) is 19.6. The van der Waals surface area contributed by atoms with Gasteiger partial charge in [0, 0.05) is 32.3 Å². The average Bonchev–Trinajstić information content (AvgIpc) is 3.18. The van der Waals surface area contributed by atoms with E-state index < -0.39 is 0 Å². The van der Waals surface area contributed by atoms with Crippen LogP contribution >= 0.6 is 11.6 Å². The number of halogens is 1. The van der Waals surface area contributed by atoms with Crippen molar-refractivity contribution in [3.8, 4) is 0 Å². The lowest BCUT2D eigenvalue weighted by Gasteiger charge is -2.28. The maximum atomic E-state index is 12.7. The third-order valence-electron chi connectivity index (χ3n) is 4.94. The van der Waals surface area contributed by atoms with Gasteiger partial charge in [-0.3, -0.25) is 9.59 Å². The van der Waals surface area contributed by atoms with Crippen LogP contribution in [0.1, 0.15) is 16.3 Å². The number of carbonyl (C=O) groups excluding carboxylic acids is 2. The molecule has 3 heterocycles. The Bertz CT molecular complexity index is 936. The van der Waals surface area contributed by atoms with Gasteiger partial charge in [-0.05, 0) is 18.2 Å². The molecule has 1 aromatic carbocycles. The van der Waals surface area contributed by atoms with Gasteiger partial charge in [0.15, 0.2) is 0 Å². The number of hydrogen-bond acceptors (Lipinski definition) is 5. The summed E-state index contributed by atoms with van der Waals surface area (Å²) in [6.45, 7) is 3.54. The van der Waals surface area contributed by atoms with E-state index in [9.17, 15) is 9.59 Å². The lowest BCUT2D eigenvalue weighted by atomic mass is 10.2. The molecule has 152 valence electrons. The number of benzene rings is 1. The Morgan fingerprint density at radius 2 is 2.17 bits per heavy atom. The minimum atomic E-state index is -0.279. The highest BCUT2D eigenvalue weighted by atomic mass is 35.5. The first-order chi connectivity index (χ1) is 14.1. The first-order valence-corrected chi connectivity index (χ1v) is 9.89. The van der Waals surface area contributed by atoms with Gasteiger partial charge in [-0.2, -0.15) is 0 Å². The third kappa shape index (κ3) is 4.50. The zero-order valence-electron chi connectivity index (χ0n) is 15.8. The van der Waals surface area contributed by atoms with E-state index >= 15 is 0 Å². The van der Waals surface area contributed by atoms with E-state index in [4.69, 9.17) is 16.3 Å². The summed E-state index contributed by atoms with van der Waals surface area (Å²) in [4.78, 5) is 31.2. The van der Waals surface area contributed by atoms with E-state index in [1.807, 2.05) is 4.57 Å². The van der Waals surface area contributed by atoms with Crippen LogP contribution in [-0.4, -0.2) is 58.6 Å². The minimum Gasteiger partial charge on any atom is -0.371 e. The van der Waals surface area contributed by atoms with E-state index in [0.29, 0.717) is 55.0 Å². The summed E-state index contributed by atoms with van der Waals surface area (Å²) >= 11 is 6.11. The summed E-state index contributed by atoms with van der Waals surface area (Å²) in [5, 5.41) is 6.51. The molecule has 0 spiro atoms. The van der Waals surface area contributed by atoms with E-state index in [-0.39, 0.29) is 17.9 Å². The number of morpholine rings is 1. The maximum absolute atomic E-state index is 12.7. The van der Waals surface area contributed by atoms with Gasteiger partial charge in [-0.25, -0.2) is 4.98 Å². The Kier molecular flexibility index (Phi) is 5.94. The number of rotatable bonds is 4. The third-order valence-corrected chi connectivity index (χ3v) is 5.27. The van der Waals surface area contributed by atoms with Crippen LogP contribution in [0, 0.1) is 0 Å². The number of carbonyl (C=O) groups is 2. The second kappa shape index (κ2) is 8.77. The normalized spacial score (nSPS) is 19.2. The van der Waals surface area contributed by atoms with Crippen molar-refractivity contribution in [1.29, 1.82) is 0 Å². The number of hydrogen-bond donors (Lipinski definition) is 2. The number of nitrogens with zero attached hydrogens (tertiary/aromatic N) is 3. The summed E-state index contributed by atoms with van der Waals surface area (Å²) in [6, 6.07) is 7.06. The molecule has 2 aliphatic heterocycles. The lowest BCUT2D eigenvalue weighted by molar-refractivity contribution is -0.127. The smallest absolute Gasteiger partial charge is 0.273 e. The molecule has 2 aromatic rings. The number of ether oxygens (including phenoxy) is 1. The number of imidazole rings is 1. The van der Waals surface area contributed by atoms with Gasteiger partial charge in [0.05, 0.1) is 36.2 Å². The van der Waals surface area contributed by atoms with Crippen molar-refractivity contribution in [1.82, 2.24) is 19.8 Å². The van der Waals surface area contributed by atoms with Crippen molar-refractivity contribution < 1.29 is 14.3 Å². The van der Waals surface area contributed by atoms with E-state index in [1.165, 1.54) is 6.20 Å². The van der Waals surface area contributed by atoms with Crippen LogP contribution in [0.3, 0.4) is 0 Å². The van der Waals surface area contributed by atoms with Crippen molar-refractivity contribution in [3.05, 3.63) is 59.2 Å². The molecule has 1 atom stereocenters. The summed E-state index contributed by atoms with van der Waals surface area (Å²) in [5.74, 6) is 0.312. The van der Waals surface area contributed by atoms with Gasteiger partial charge < -0.3 is 24.8 Å². The molecule has 1 saturated heterocycles. The molecule has 8 nitrogen and oxygen atoms in total. The molecule has 0 radical (unpaired) electrons. The Hall–Kier alpha value is -2.68. The average molecular weight is 416 g/mol. The fourth-order valence-corrected chi connectivity index (χ4v) is 3.57. The van der Waals surface area contributed by atoms with Crippen LogP contribution in [-0.2, 0) is 22.6 Å². The van der Waals surface area contributed by atoms with Gasteiger partial charge in [0.25, 0.3) is 5.91 Å². The SMILES string of the molecule is O=C(Nc1ccccc1Cl)c1cnc2n1CCN(C(=O)/C=C/[C@@H]1CNCCO1)C2. The quantitative estimate of drug-likeness (QED) is 0.742. The lowest BCUT2D eigenvalue weighted by Crippen LogP contribution is -2.39. The van der Waals surface area contributed by atoms with Crippen LogP contribution < -0.4 is 10.6 Å². The highest BCUT2D eigenvalue weighted by molar-refractivity contribution is 6.33. The van der Waals surface area contributed by atoms with Crippen LogP contribution in [0.5, 0.6) is 0 Å². The zero-order valence-corrected chi connectivity index (χ0v) is 16.6. The van der Waals surface area contributed by atoms with Crippen LogP contribution in [0.15, 0.2) is 42.6 Å². The molecular formula is C20H22ClN5O3. The summed E-state index contributed by atoms with van der Waals surface area (Å²) < 4.78 is 7.41. The van der Waals surface area contributed by atoms with Gasteiger partial charge in [0.2, 0.25) is 5.91 Å². The molecule has 2 N–H and O–H groups in total. The summed E-state index contributed by atoms with van der Waals surface area (Å²) in [5.41, 5.74) is 0.996. The van der Waals surface area contributed by atoms with E-state index in [1.54, 1.807) is 41.3 Å². The molecule has 2 amide bonds. The Labute approximate surface area is 173 Å². The predicted molar refractivity (Wildman–Crippen MR) is 109 cm³/mol. The fourth-order valence-electron chi connectivity index (χ4n) is 3.38. The highest BCUT2D eigenvalue weighted by Crippen LogP contribution is 2.22.